The van der Waals surface area contributed by atoms with Crippen molar-refractivity contribution < 1.29 is 9.84 Å². The van der Waals surface area contributed by atoms with E-state index in [1.54, 1.807) is 0 Å². The number of nitrogens with two attached hydrogens (primary N) is 1. The molecule has 1 unspecified atom stereocenters. The van der Waals surface area contributed by atoms with Crippen LogP contribution in [0.15, 0.2) is 18.2 Å². The van der Waals surface area contributed by atoms with Crippen LogP contribution in [0.1, 0.15) is 23.7 Å². The summed E-state index contributed by atoms with van der Waals surface area (Å²) in [4.78, 5) is 0. The van der Waals surface area contributed by atoms with Gasteiger partial charge in [0, 0.05) is 24.8 Å². The lowest BCUT2D eigenvalue weighted by Gasteiger charge is -2.18. The van der Waals surface area contributed by atoms with Gasteiger partial charge in [-0.2, -0.15) is 0 Å². The van der Waals surface area contributed by atoms with E-state index in [0.717, 1.165) is 11.1 Å². The van der Waals surface area contributed by atoms with Crippen molar-refractivity contribution >= 4 is 11.6 Å². The summed E-state index contributed by atoms with van der Waals surface area (Å²) in [6, 6.07) is 5.67. The van der Waals surface area contributed by atoms with Crippen molar-refractivity contribution in [1.82, 2.24) is 0 Å². The van der Waals surface area contributed by atoms with Crippen molar-refractivity contribution in [2.24, 2.45) is 5.73 Å². The van der Waals surface area contributed by atoms with Crippen molar-refractivity contribution in [3.8, 4) is 0 Å². The van der Waals surface area contributed by atoms with Crippen molar-refractivity contribution in [3.05, 3.63) is 34.3 Å². The van der Waals surface area contributed by atoms with E-state index in [0.29, 0.717) is 24.6 Å². The van der Waals surface area contributed by atoms with Crippen LogP contribution in [-0.4, -0.2) is 24.9 Å². The van der Waals surface area contributed by atoms with Crippen molar-refractivity contribution in [1.29, 1.82) is 0 Å². The Morgan fingerprint density at radius 3 is 2.81 bits per heavy atom. The summed E-state index contributed by atoms with van der Waals surface area (Å²) < 4.78 is 5.61. The van der Waals surface area contributed by atoms with Crippen LogP contribution in [0.5, 0.6) is 0 Å². The van der Waals surface area contributed by atoms with E-state index >= 15 is 0 Å². The van der Waals surface area contributed by atoms with Gasteiger partial charge in [-0.1, -0.05) is 17.7 Å². The molecule has 3 N–H and O–H groups in total. The first-order chi connectivity index (χ1) is 7.69. The Hall–Kier alpha value is -0.610. The number of hydrogen-bond donors (Lipinski definition) is 2. The first kappa shape index (κ1) is 13.5. The van der Waals surface area contributed by atoms with Crippen LogP contribution in [0.3, 0.4) is 0 Å². The molecular formula is C12H18ClNO2. The number of ether oxygens (including phenoxy) is 1. The van der Waals surface area contributed by atoms with Gasteiger partial charge in [0.15, 0.2) is 0 Å². The molecule has 1 rings (SSSR count). The van der Waals surface area contributed by atoms with Crippen LogP contribution in [-0.2, 0) is 4.74 Å². The van der Waals surface area contributed by atoms with E-state index in [-0.39, 0.29) is 12.7 Å². The molecule has 0 spiro atoms. The average molecular weight is 244 g/mol. The van der Waals surface area contributed by atoms with Gasteiger partial charge in [-0.15, -0.1) is 0 Å². The molecule has 1 aromatic rings. The molecule has 1 aromatic carbocycles. The smallest absolute Gasteiger partial charge is 0.0949 e. The SMILES string of the molecule is Cc1cc(Cl)ccc1C(CN)OCCCO. The maximum Gasteiger partial charge on any atom is 0.0949 e. The summed E-state index contributed by atoms with van der Waals surface area (Å²) in [6.45, 7) is 3.06. The van der Waals surface area contributed by atoms with Gasteiger partial charge >= 0.3 is 0 Å². The summed E-state index contributed by atoms with van der Waals surface area (Å²) in [7, 11) is 0. The predicted molar refractivity (Wildman–Crippen MR) is 65.6 cm³/mol. The lowest BCUT2D eigenvalue weighted by atomic mass is 10.0. The fourth-order valence-corrected chi connectivity index (χ4v) is 1.80. The molecule has 0 radical (unpaired) electrons. The molecule has 0 aliphatic carbocycles. The third kappa shape index (κ3) is 3.76. The monoisotopic (exact) mass is 243 g/mol. The molecule has 0 saturated heterocycles. The largest absolute Gasteiger partial charge is 0.396 e. The van der Waals surface area contributed by atoms with Crippen molar-refractivity contribution in [2.45, 2.75) is 19.4 Å². The Balaban J connectivity index is 2.70. The molecule has 0 aromatic heterocycles. The number of rotatable bonds is 6. The summed E-state index contributed by atoms with van der Waals surface area (Å²) in [5.74, 6) is 0. The van der Waals surface area contributed by atoms with E-state index in [4.69, 9.17) is 27.2 Å². The van der Waals surface area contributed by atoms with Gasteiger partial charge in [-0.25, -0.2) is 0 Å². The molecule has 4 heteroatoms. The first-order valence-corrected chi connectivity index (χ1v) is 5.75. The normalized spacial score (nSPS) is 12.8. The van der Waals surface area contributed by atoms with Crippen LogP contribution in [0.2, 0.25) is 5.02 Å². The van der Waals surface area contributed by atoms with Crippen molar-refractivity contribution in [3.63, 3.8) is 0 Å². The molecule has 3 nitrogen and oxygen atoms in total. The molecule has 0 aliphatic heterocycles. The molecular weight excluding hydrogens is 226 g/mol. The van der Waals surface area contributed by atoms with Gasteiger partial charge in [0.2, 0.25) is 0 Å². The Morgan fingerprint density at radius 1 is 1.50 bits per heavy atom. The second kappa shape index (κ2) is 6.86. The number of aliphatic hydroxyl groups is 1. The van der Waals surface area contributed by atoms with E-state index in [9.17, 15) is 0 Å². The zero-order chi connectivity index (χ0) is 12.0. The first-order valence-electron chi connectivity index (χ1n) is 5.37. The second-order valence-electron chi connectivity index (χ2n) is 3.67. The fourth-order valence-electron chi connectivity index (χ4n) is 1.58. The summed E-state index contributed by atoms with van der Waals surface area (Å²) in [5.41, 5.74) is 7.81. The highest BCUT2D eigenvalue weighted by Crippen LogP contribution is 2.23. The minimum Gasteiger partial charge on any atom is -0.396 e. The molecule has 1 atom stereocenters. The van der Waals surface area contributed by atoms with Crippen LogP contribution in [0, 0.1) is 6.92 Å². The topological polar surface area (TPSA) is 55.5 Å². The fraction of sp³-hybridized carbons (Fsp3) is 0.500. The standard InChI is InChI=1S/C12H18ClNO2/c1-9-7-10(13)3-4-11(9)12(8-14)16-6-2-5-15/h3-4,7,12,15H,2,5-6,8,14H2,1H3. The lowest BCUT2D eigenvalue weighted by Crippen LogP contribution is -2.17. The van der Waals surface area contributed by atoms with Gasteiger partial charge in [-0.3, -0.25) is 0 Å². The number of aliphatic hydroxyl groups excluding tert-OH is 1. The summed E-state index contributed by atoms with van der Waals surface area (Å²) >= 11 is 5.89. The van der Waals surface area contributed by atoms with Gasteiger partial charge in [0.25, 0.3) is 0 Å². The average Bonchev–Trinajstić information content (AvgIpc) is 2.26. The van der Waals surface area contributed by atoms with Gasteiger partial charge in [0.05, 0.1) is 6.10 Å². The van der Waals surface area contributed by atoms with Crippen LogP contribution in [0.4, 0.5) is 0 Å². The summed E-state index contributed by atoms with van der Waals surface area (Å²) in [6.07, 6.45) is 0.507. The maximum absolute atomic E-state index is 8.68. The molecule has 16 heavy (non-hydrogen) atoms. The van der Waals surface area contributed by atoms with E-state index in [1.165, 1.54) is 0 Å². The van der Waals surface area contributed by atoms with Crippen LogP contribution in [0.25, 0.3) is 0 Å². The highest BCUT2D eigenvalue weighted by molar-refractivity contribution is 6.30. The Kier molecular flexibility index (Phi) is 5.77. The molecule has 0 bridgehead atoms. The zero-order valence-electron chi connectivity index (χ0n) is 9.45. The second-order valence-corrected chi connectivity index (χ2v) is 4.11. The van der Waals surface area contributed by atoms with E-state index in [2.05, 4.69) is 0 Å². The predicted octanol–water partition coefficient (Wildman–Crippen LogP) is 2.05. The van der Waals surface area contributed by atoms with Crippen LogP contribution < -0.4 is 5.73 Å². The Morgan fingerprint density at radius 2 is 2.25 bits per heavy atom. The highest BCUT2D eigenvalue weighted by Gasteiger charge is 2.12. The van der Waals surface area contributed by atoms with Crippen LogP contribution >= 0.6 is 11.6 Å². The highest BCUT2D eigenvalue weighted by atomic mass is 35.5. The number of hydrogen-bond acceptors (Lipinski definition) is 3. The third-order valence-corrected chi connectivity index (χ3v) is 2.65. The van der Waals surface area contributed by atoms with E-state index in [1.807, 2.05) is 25.1 Å². The molecule has 0 saturated carbocycles. The third-order valence-electron chi connectivity index (χ3n) is 2.41. The molecule has 0 amide bonds. The molecule has 0 fully saturated rings. The van der Waals surface area contributed by atoms with E-state index < -0.39 is 0 Å². The van der Waals surface area contributed by atoms with Gasteiger partial charge in [-0.05, 0) is 36.6 Å². The Bertz CT molecular complexity index is 331. The quantitative estimate of drug-likeness (QED) is 0.752. The van der Waals surface area contributed by atoms with Gasteiger partial charge in [0.1, 0.15) is 0 Å². The maximum atomic E-state index is 8.68. The number of aryl methyl sites for hydroxylation is 1. The van der Waals surface area contributed by atoms with Gasteiger partial charge < -0.3 is 15.6 Å². The number of benzene rings is 1. The minimum atomic E-state index is -0.121. The molecule has 0 aliphatic rings. The number of halogens is 1. The lowest BCUT2D eigenvalue weighted by molar-refractivity contribution is 0.0485. The van der Waals surface area contributed by atoms with Crippen molar-refractivity contribution in [2.75, 3.05) is 19.8 Å². The zero-order valence-corrected chi connectivity index (χ0v) is 10.2. The molecule has 0 heterocycles. The summed E-state index contributed by atoms with van der Waals surface area (Å²) in [5, 5.41) is 9.40. The minimum absolute atomic E-state index is 0.121. The molecule has 90 valence electrons. The Labute approximate surface area is 101 Å².